The van der Waals surface area contributed by atoms with Crippen molar-refractivity contribution in [2.75, 3.05) is 0 Å². The molecule has 0 aliphatic rings. The molecule has 0 unspecified atom stereocenters. The summed E-state index contributed by atoms with van der Waals surface area (Å²) < 4.78 is 2.69. The van der Waals surface area contributed by atoms with Gasteiger partial charge in [0.2, 0.25) is 0 Å². The Bertz CT molecular complexity index is 1310. The molecule has 120 valence electrons. The zero-order chi connectivity index (χ0) is 17.0. The van der Waals surface area contributed by atoms with Crippen LogP contribution < -0.4 is 0 Å². The van der Waals surface area contributed by atoms with Crippen LogP contribution in [0.15, 0.2) is 61.2 Å². The molecule has 2 aromatic heterocycles. The van der Waals surface area contributed by atoms with Crippen LogP contribution in [0, 0.1) is 0 Å². The largest absolute Gasteiger partial charge is 0.354 e. The fourth-order valence-electron chi connectivity index (χ4n) is 3.89. The predicted octanol–water partition coefficient (Wildman–Crippen LogP) is 7.37. The van der Waals surface area contributed by atoms with Crippen molar-refractivity contribution in [1.29, 1.82) is 0 Å². The first-order valence-electron chi connectivity index (χ1n) is 8.46. The number of aromatic nitrogens is 1. The molecule has 3 aromatic carbocycles. The molecule has 0 radical (unpaired) electrons. The number of allylic oxidation sites excluding steroid dienone is 1. The van der Waals surface area contributed by atoms with E-state index in [1.54, 1.807) is 0 Å². The monoisotopic (exact) mass is 339 g/mol. The Labute approximate surface area is 149 Å². The fourth-order valence-corrected chi connectivity index (χ4v) is 5.14. The maximum Gasteiger partial charge on any atom is 0.0551 e. The van der Waals surface area contributed by atoms with Crippen LogP contribution in [0.1, 0.15) is 18.2 Å². The minimum absolute atomic E-state index is 1.13. The fraction of sp³-hybridized carbons (Fsp3) is 0.0435. The van der Waals surface area contributed by atoms with Gasteiger partial charge in [0.25, 0.3) is 0 Å². The Morgan fingerprint density at radius 2 is 1.64 bits per heavy atom. The van der Waals surface area contributed by atoms with Crippen LogP contribution in [0.4, 0.5) is 0 Å². The molecule has 0 spiro atoms. The first-order valence-corrected chi connectivity index (χ1v) is 9.28. The van der Waals surface area contributed by atoms with E-state index in [1.165, 1.54) is 47.4 Å². The van der Waals surface area contributed by atoms with Crippen molar-refractivity contribution in [2.45, 2.75) is 6.92 Å². The van der Waals surface area contributed by atoms with Crippen LogP contribution in [0.5, 0.6) is 0 Å². The molecule has 5 aromatic rings. The van der Waals surface area contributed by atoms with E-state index < -0.39 is 0 Å². The molecule has 0 aliphatic heterocycles. The topological polar surface area (TPSA) is 15.8 Å². The van der Waals surface area contributed by atoms with Crippen molar-refractivity contribution in [3.05, 3.63) is 72.4 Å². The quantitative estimate of drug-likeness (QED) is 0.346. The number of hydrogen-bond acceptors (Lipinski definition) is 1. The van der Waals surface area contributed by atoms with Gasteiger partial charge in [0.05, 0.1) is 5.52 Å². The zero-order valence-corrected chi connectivity index (χ0v) is 14.8. The first-order chi connectivity index (χ1) is 12.3. The SMILES string of the molecule is C=Cc1c(/C=C\C)[nH]c2c3ccccc3c3sc4ccccc4c3c12. The number of thiophene rings is 1. The highest BCUT2D eigenvalue weighted by Gasteiger charge is 2.18. The third-order valence-electron chi connectivity index (χ3n) is 4.89. The second-order valence-corrected chi connectivity index (χ2v) is 7.31. The Morgan fingerprint density at radius 3 is 2.40 bits per heavy atom. The van der Waals surface area contributed by atoms with Crippen LogP contribution >= 0.6 is 11.3 Å². The average Bonchev–Trinajstić information content (AvgIpc) is 3.20. The molecular weight excluding hydrogens is 322 g/mol. The smallest absolute Gasteiger partial charge is 0.0551 e. The van der Waals surface area contributed by atoms with E-state index in [1.807, 2.05) is 24.3 Å². The third kappa shape index (κ3) is 1.89. The molecule has 25 heavy (non-hydrogen) atoms. The maximum absolute atomic E-state index is 4.10. The molecule has 0 aliphatic carbocycles. The molecule has 2 heteroatoms. The van der Waals surface area contributed by atoms with Crippen molar-refractivity contribution in [3.8, 4) is 0 Å². The first kappa shape index (κ1) is 14.5. The van der Waals surface area contributed by atoms with Gasteiger partial charge >= 0.3 is 0 Å². The van der Waals surface area contributed by atoms with Gasteiger partial charge in [0, 0.05) is 47.6 Å². The van der Waals surface area contributed by atoms with Crippen LogP contribution in [0.3, 0.4) is 0 Å². The van der Waals surface area contributed by atoms with Gasteiger partial charge in [0.15, 0.2) is 0 Å². The highest BCUT2D eigenvalue weighted by atomic mass is 32.1. The van der Waals surface area contributed by atoms with Crippen molar-refractivity contribution < 1.29 is 0 Å². The van der Waals surface area contributed by atoms with E-state index in [9.17, 15) is 0 Å². The molecule has 0 amide bonds. The molecule has 1 N–H and O–H groups in total. The van der Waals surface area contributed by atoms with Crippen molar-refractivity contribution in [2.24, 2.45) is 0 Å². The molecule has 1 nitrogen and oxygen atoms in total. The van der Waals surface area contributed by atoms with Crippen molar-refractivity contribution in [1.82, 2.24) is 4.98 Å². The number of hydrogen-bond donors (Lipinski definition) is 1. The van der Waals surface area contributed by atoms with E-state index >= 15 is 0 Å². The Balaban J connectivity index is 2.19. The number of aromatic amines is 1. The van der Waals surface area contributed by atoms with Crippen LogP contribution in [-0.4, -0.2) is 4.98 Å². The highest BCUT2D eigenvalue weighted by Crippen LogP contribution is 2.45. The van der Waals surface area contributed by atoms with Gasteiger partial charge < -0.3 is 4.98 Å². The normalized spacial score (nSPS) is 12.2. The lowest BCUT2D eigenvalue weighted by molar-refractivity contribution is 1.43. The summed E-state index contributed by atoms with van der Waals surface area (Å²) in [6.07, 6.45) is 6.18. The number of rotatable bonds is 2. The van der Waals surface area contributed by atoms with E-state index in [-0.39, 0.29) is 0 Å². The lowest BCUT2D eigenvalue weighted by Gasteiger charge is -2.04. The molecule has 0 saturated heterocycles. The maximum atomic E-state index is 4.10. The van der Waals surface area contributed by atoms with E-state index in [0.717, 1.165) is 5.69 Å². The lowest BCUT2D eigenvalue weighted by Crippen LogP contribution is -1.78. The summed E-state index contributed by atoms with van der Waals surface area (Å²) in [4.78, 5) is 3.65. The van der Waals surface area contributed by atoms with Gasteiger partial charge in [-0.15, -0.1) is 11.3 Å². The van der Waals surface area contributed by atoms with Gasteiger partial charge in [-0.3, -0.25) is 0 Å². The molecule has 0 saturated carbocycles. The summed E-state index contributed by atoms with van der Waals surface area (Å²) in [5, 5.41) is 6.54. The summed E-state index contributed by atoms with van der Waals surface area (Å²) in [6.45, 7) is 6.14. The van der Waals surface area contributed by atoms with Crippen LogP contribution in [0.25, 0.3) is 54.0 Å². The summed E-state index contributed by atoms with van der Waals surface area (Å²) in [5.41, 5.74) is 3.52. The number of fused-ring (bicyclic) bond motifs is 8. The summed E-state index contributed by atoms with van der Waals surface area (Å²) in [5.74, 6) is 0. The minimum Gasteiger partial charge on any atom is -0.354 e. The van der Waals surface area contributed by atoms with Crippen LogP contribution in [-0.2, 0) is 0 Å². The standard InChI is InChI=1S/C23H17NS/c1-3-9-18-14(4-2)20-21-17-12-7-8-13-19(17)25-23(21)16-11-6-5-10-15(16)22(20)24-18/h3-13,24H,2H2,1H3/b9-3-. The summed E-state index contributed by atoms with van der Waals surface area (Å²) >= 11 is 1.88. The third-order valence-corrected chi connectivity index (χ3v) is 6.10. The second-order valence-electron chi connectivity index (χ2n) is 6.25. The van der Waals surface area contributed by atoms with E-state index in [4.69, 9.17) is 0 Å². The summed E-state index contributed by atoms with van der Waals surface area (Å²) in [7, 11) is 0. The van der Waals surface area contributed by atoms with E-state index in [0.29, 0.717) is 0 Å². The summed E-state index contributed by atoms with van der Waals surface area (Å²) in [6, 6.07) is 17.4. The predicted molar refractivity (Wildman–Crippen MR) is 113 cm³/mol. The number of H-pyrrole nitrogens is 1. The van der Waals surface area contributed by atoms with E-state index in [2.05, 4.69) is 72.2 Å². The molecule has 0 atom stereocenters. The van der Waals surface area contributed by atoms with Gasteiger partial charge in [-0.1, -0.05) is 61.2 Å². The zero-order valence-electron chi connectivity index (χ0n) is 14.0. The van der Waals surface area contributed by atoms with Gasteiger partial charge in [-0.05, 0) is 19.1 Å². The minimum atomic E-state index is 1.13. The molecule has 5 rings (SSSR count). The molecule has 0 fully saturated rings. The number of benzene rings is 3. The van der Waals surface area contributed by atoms with Crippen molar-refractivity contribution in [3.63, 3.8) is 0 Å². The Kier molecular flexibility index (Phi) is 3.09. The Morgan fingerprint density at radius 1 is 0.920 bits per heavy atom. The average molecular weight is 339 g/mol. The highest BCUT2D eigenvalue weighted by molar-refractivity contribution is 7.27. The second kappa shape index (κ2) is 5.33. The van der Waals surface area contributed by atoms with Gasteiger partial charge in [0.1, 0.15) is 0 Å². The van der Waals surface area contributed by atoms with Gasteiger partial charge in [-0.25, -0.2) is 0 Å². The van der Waals surface area contributed by atoms with Gasteiger partial charge in [-0.2, -0.15) is 0 Å². The molecule has 2 heterocycles. The lowest BCUT2D eigenvalue weighted by atomic mass is 9.99. The van der Waals surface area contributed by atoms with Crippen molar-refractivity contribution >= 4 is 65.3 Å². The number of nitrogens with one attached hydrogen (secondary N) is 1. The molecule has 0 bridgehead atoms. The van der Waals surface area contributed by atoms with Crippen LogP contribution in [0.2, 0.25) is 0 Å². The molecular formula is C23H17NS. The Hall–Kier alpha value is -2.84.